The Kier molecular flexibility index (Phi) is 7.81. The van der Waals surface area contributed by atoms with Crippen molar-refractivity contribution >= 4 is 22.8 Å². The van der Waals surface area contributed by atoms with Gasteiger partial charge in [-0.25, -0.2) is 18.7 Å². The molecule has 42 heavy (non-hydrogen) atoms. The van der Waals surface area contributed by atoms with Gasteiger partial charge in [0.1, 0.15) is 17.3 Å². The number of ether oxygens (including phenoxy) is 1. The Bertz CT molecular complexity index is 1750. The van der Waals surface area contributed by atoms with Gasteiger partial charge in [-0.2, -0.15) is 4.98 Å². The van der Waals surface area contributed by atoms with Gasteiger partial charge < -0.3 is 14.5 Å². The molecular weight excluding hydrogens is 535 g/mol. The van der Waals surface area contributed by atoms with Crippen LogP contribution in [0.4, 0.5) is 10.2 Å². The molecule has 2 atom stereocenters. The first-order valence-corrected chi connectivity index (χ1v) is 14.0. The van der Waals surface area contributed by atoms with E-state index in [1.165, 1.54) is 23.8 Å². The van der Waals surface area contributed by atoms with Gasteiger partial charge >= 0.3 is 5.69 Å². The molecule has 0 N–H and O–H groups in total. The number of pyridine rings is 2. The van der Waals surface area contributed by atoms with E-state index in [1.54, 1.807) is 35.4 Å². The summed E-state index contributed by atoms with van der Waals surface area (Å²) >= 11 is 0. The van der Waals surface area contributed by atoms with Crippen LogP contribution in [0.15, 0.2) is 60.0 Å². The minimum absolute atomic E-state index is 0.00740. The van der Waals surface area contributed by atoms with E-state index >= 15 is 4.39 Å². The summed E-state index contributed by atoms with van der Waals surface area (Å²) in [6, 6.07) is 9.87. The maximum absolute atomic E-state index is 16.0. The molecule has 0 saturated carbocycles. The summed E-state index contributed by atoms with van der Waals surface area (Å²) in [7, 11) is 1.52. The van der Waals surface area contributed by atoms with Crippen molar-refractivity contribution in [1.82, 2.24) is 24.4 Å². The highest BCUT2D eigenvalue weighted by atomic mass is 19.1. The topological polar surface area (TPSA) is 93.5 Å². The van der Waals surface area contributed by atoms with Crippen molar-refractivity contribution in [2.75, 3.05) is 25.1 Å². The van der Waals surface area contributed by atoms with Crippen molar-refractivity contribution in [3.05, 3.63) is 82.8 Å². The number of aromatic nitrogens is 4. The van der Waals surface area contributed by atoms with Crippen LogP contribution in [0.3, 0.4) is 0 Å². The molecular formula is C32H35FN6O3. The normalized spacial score (nSPS) is 17.1. The number of halogens is 1. The minimum Gasteiger partial charge on any atom is -0.496 e. The van der Waals surface area contributed by atoms with E-state index in [0.717, 1.165) is 5.56 Å². The molecule has 5 rings (SSSR count). The molecule has 1 saturated heterocycles. The zero-order valence-corrected chi connectivity index (χ0v) is 24.8. The predicted molar refractivity (Wildman–Crippen MR) is 162 cm³/mol. The number of methoxy groups -OCH3 is 1. The number of para-hydroxylation sites is 1. The van der Waals surface area contributed by atoms with Crippen molar-refractivity contribution in [2.24, 2.45) is 0 Å². The molecule has 0 spiro atoms. The molecule has 9 nitrogen and oxygen atoms in total. The van der Waals surface area contributed by atoms with E-state index < -0.39 is 11.5 Å². The van der Waals surface area contributed by atoms with Gasteiger partial charge in [0.2, 0.25) is 5.91 Å². The number of hydrogen-bond acceptors (Lipinski definition) is 7. The molecule has 4 heterocycles. The average molecular weight is 571 g/mol. The summed E-state index contributed by atoms with van der Waals surface area (Å²) in [5, 5.41) is 0.381. The standard InChI is InChI=1S/C32H35FN6O3/c1-8-26(40)37-16-21(6)38(17-20(37)5)30-23-15-24(33)28(22-11-9-10-12-25(22)42-7)35-31(23)39(32(41)36-30)29-19(4)13-14-34-27(29)18(2)3/h8-15,18,20-21H,1,16-17H2,2-7H3. The van der Waals surface area contributed by atoms with Crippen LogP contribution in [-0.4, -0.2) is 62.6 Å². The lowest BCUT2D eigenvalue weighted by Crippen LogP contribution is -2.58. The van der Waals surface area contributed by atoms with E-state index in [4.69, 9.17) is 9.72 Å². The molecule has 2 unspecified atom stereocenters. The number of benzene rings is 1. The molecule has 0 aliphatic carbocycles. The smallest absolute Gasteiger partial charge is 0.355 e. The lowest BCUT2D eigenvalue weighted by Gasteiger charge is -2.44. The van der Waals surface area contributed by atoms with Crippen LogP contribution < -0.4 is 15.3 Å². The van der Waals surface area contributed by atoms with E-state index in [1.807, 2.05) is 45.6 Å². The van der Waals surface area contributed by atoms with Gasteiger partial charge in [0.25, 0.3) is 0 Å². The van der Waals surface area contributed by atoms with Crippen LogP contribution in [0, 0.1) is 12.7 Å². The number of carbonyl (C=O) groups is 1. The quantitative estimate of drug-likeness (QED) is 0.300. The van der Waals surface area contributed by atoms with Gasteiger partial charge in [0, 0.05) is 36.9 Å². The molecule has 218 valence electrons. The van der Waals surface area contributed by atoms with Gasteiger partial charge in [-0.05, 0) is 62.6 Å². The maximum Gasteiger partial charge on any atom is 0.355 e. The number of hydrogen-bond donors (Lipinski definition) is 0. The Morgan fingerprint density at radius 2 is 1.88 bits per heavy atom. The highest BCUT2D eigenvalue weighted by Gasteiger charge is 2.34. The number of anilines is 1. The second-order valence-electron chi connectivity index (χ2n) is 11.0. The number of nitrogens with zero attached hydrogens (tertiary/aromatic N) is 6. The van der Waals surface area contributed by atoms with E-state index in [2.05, 4.69) is 16.5 Å². The highest BCUT2D eigenvalue weighted by Crippen LogP contribution is 2.36. The van der Waals surface area contributed by atoms with E-state index in [-0.39, 0.29) is 35.2 Å². The maximum atomic E-state index is 16.0. The molecule has 3 aromatic heterocycles. The van der Waals surface area contributed by atoms with Gasteiger partial charge in [0.15, 0.2) is 11.5 Å². The predicted octanol–water partition coefficient (Wildman–Crippen LogP) is 5.03. The third-order valence-electron chi connectivity index (χ3n) is 7.80. The number of fused-ring (bicyclic) bond motifs is 1. The van der Waals surface area contributed by atoms with Gasteiger partial charge in [0.05, 0.1) is 23.9 Å². The molecule has 0 radical (unpaired) electrons. The van der Waals surface area contributed by atoms with Gasteiger partial charge in [-0.15, -0.1) is 0 Å². The minimum atomic E-state index is -0.576. The first-order chi connectivity index (χ1) is 20.1. The van der Waals surface area contributed by atoms with Crippen LogP contribution in [0.5, 0.6) is 5.75 Å². The Morgan fingerprint density at radius 1 is 1.14 bits per heavy atom. The van der Waals surface area contributed by atoms with Crippen molar-refractivity contribution < 1.29 is 13.9 Å². The lowest BCUT2D eigenvalue weighted by atomic mass is 10.0. The van der Waals surface area contributed by atoms with Gasteiger partial charge in [-0.3, -0.25) is 9.78 Å². The highest BCUT2D eigenvalue weighted by molar-refractivity contribution is 5.91. The summed E-state index contributed by atoms with van der Waals surface area (Å²) in [5.74, 6) is 0.0318. The lowest BCUT2D eigenvalue weighted by molar-refractivity contribution is -0.128. The summed E-state index contributed by atoms with van der Waals surface area (Å²) in [6.45, 7) is 14.2. The van der Waals surface area contributed by atoms with E-state index in [0.29, 0.717) is 47.0 Å². The van der Waals surface area contributed by atoms with Crippen LogP contribution >= 0.6 is 0 Å². The van der Waals surface area contributed by atoms with Crippen molar-refractivity contribution in [2.45, 2.75) is 52.6 Å². The van der Waals surface area contributed by atoms with Gasteiger partial charge in [-0.1, -0.05) is 32.6 Å². The summed E-state index contributed by atoms with van der Waals surface area (Å²) in [4.78, 5) is 44.2. The molecule has 1 amide bonds. The molecule has 1 aromatic carbocycles. The summed E-state index contributed by atoms with van der Waals surface area (Å²) < 4.78 is 23.0. The first kappa shape index (κ1) is 28.9. The molecule has 1 aliphatic heterocycles. The summed E-state index contributed by atoms with van der Waals surface area (Å²) in [6.07, 6.45) is 3.01. The van der Waals surface area contributed by atoms with Crippen molar-refractivity contribution in [3.8, 4) is 22.7 Å². The Balaban J connectivity index is 1.83. The summed E-state index contributed by atoms with van der Waals surface area (Å²) in [5.41, 5.74) is 2.32. The molecule has 1 fully saturated rings. The molecule has 1 aliphatic rings. The first-order valence-electron chi connectivity index (χ1n) is 14.0. The number of carbonyl (C=O) groups excluding carboxylic acids is 1. The second-order valence-corrected chi connectivity index (χ2v) is 11.0. The second kappa shape index (κ2) is 11.3. The largest absolute Gasteiger partial charge is 0.496 e. The van der Waals surface area contributed by atoms with Crippen molar-refractivity contribution in [1.29, 1.82) is 0 Å². The fraction of sp³-hybridized carbons (Fsp3) is 0.344. The third-order valence-corrected chi connectivity index (χ3v) is 7.80. The van der Waals surface area contributed by atoms with Crippen LogP contribution in [0.2, 0.25) is 0 Å². The monoisotopic (exact) mass is 570 g/mol. The zero-order chi connectivity index (χ0) is 30.3. The van der Waals surface area contributed by atoms with Crippen LogP contribution in [-0.2, 0) is 4.79 Å². The number of piperazine rings is 1. The SMILES string of the molecule is C=CC(=O)N1CC(C)N(c2nc(=O)n(-c3c(C)ccnc3C(C)C)c3nc(-c4ccccc4OC)c(F)cc23)CC1C. The van der Waals surface area contributed by atoms with Crippen LogP contribution in [0.1, 0.15) is 44.9 Å². The Morgan fingerprint density at radius 3 is 2.57 bits per heavy atom. The molecule has 0 bridgehead atoms. The fourth-order valence-electron chi connectivity index (χ4n) is 5.69. The van der Waals surface area contributed by atoms with Crippen molar-refractivity contribution in [3.63, 3.8) is 0 Å². The number of rotatable bonds is 6. The fourth-order valence-corrected chi connectivity index (χ4v) is 5.69. The van der Waals surface area contributed by atoms with Crippen LogP contribution in [0.25, 0.3) is 28.0 Å². The van der Waals surface area contributed by atoms with E-state index in [9.17, 15) is 9.59 Å². The number of aryl methyl sites for hydroxylation is 1. The zero-order valence-electron chi connectivity index (χ0n) is 24.8. The molecule has 4 aromatic rings. The molecule has 10 heteroatoms. The Hall–Kier alpha value is -4.60. The Labute approximate surface area is 244 Å². The number of amides is 1. The average Bonchev–Trinajstić information content (AvgIpc) is 2.97. The third kappa shape index (κ3) is 4.91.